The Labute approximate surface area is 111 Å². The van der Waals surface area contributed by atoms with E-state index in [4.69, 9.17) is 10.5 Å². The van der Waals surface area contributed by atoms with Gasteiger partial charge in [-0.15, -0.1) is 0 Å². The monoisotopic (exact) mass is 284 g/mol. The zero-order chi connectivity index (χ0) is 14.0. The van der Waals surface area contributed by atoms with Crippen LogP contribution in [0.5, 0.6) is 5.75 Å². The number of nitrogen functional groups attached to an aromatic ring is 1. The maximum Gasteiger partial charge on any atom is 0.251 e. The van der Waals surface area contributed by atoms with E-state index in [0.29, 0.717) is 23.4 Å². The van der Waals surface area contributed by atoms with Crippen LogP contribution in [0.25, 0.3) is 0 Å². The first-order valence-electron chi connectivity index (χ1n) is 5.86. The first-order chi connectivity index (χ1) is 8.91. The van der Waals surface area contributed by atoms with Crippen LogP contribution in [-0.2, 0) is 9.84 Å². The van der Waals surface area contributed by atoms with Crippen molar-refractivity contribution in [3.05, 3.63) is 23.8 Å². The molecule has 0 saturated carbocycles. The standard InChI is InChI=1S/C12H16N2O4S/c1-18-11-3-2-8(6-10(11)13)12(15)14-9-4-5-19(16,17)7-9/h2-3,6,9H,4-5,7,13H2,1H3,(H,14,15)/t9-/m1/s1. The average Bonchev–Trinajstić information content (AvgIpc) is 2.68. The molecule has 1 aliphatic rings. The first kappa shape index (κ1) is 13.7. The lowest BCUT2D eigenvalue weighted by Crippen LogP contribution is -2.35. The maximum absolute atomic E-state index is 12.0. The minimum Gasteiger partial charge on any atom is -0.495 e. The molecule has 0 bridgehead atoms. The normalized spacial score (nSPS) is 21.0. The zero-order valence-corrected chi connectivity index (χ0v) is 11.4. The van der Waals surface area contributed by atoms with E-state index in [0.717, 1.165) is 0 Å². The summed E-state index contributed by atoms with van der Waals surface area (Å²) in [7, 11) is -1.51. The van der Waals surface area contributed by atoms with Gasteiger partial charge in [-0.25, -0.2) is 8.42 Å². The molecule has 0 radical (unpaired) electrons. The van der Waals surface area contributed by atoms with Crippen LogP contribution in [-0.4, -0.2) is 39.0 Å². The summed E-state index contributed by atoms with van der Waals surface area (Å²) < 4.78 is 27.6. The largest absolute Gasteiger partial charge is 0.495 e. The SMILES string of the molecule is COc1ccc(C(=O)N[C@@H]2CCS(=O)(=O)C2)cc1N. The molecule has 0 aromatic heterocycles. The lowest BCUT2D eigenvalue weighted by atomic mass is 10.1. The van der Waals surface area contributed by atoms with Crippen molar-refractivity contribution in [1.82, 2.24) is 5.32 Å². The van der Waals surface area contributed by atoms with E-state index in [9.17, 15) is 13.2 Å². The highest BCUT2D eigenvalue weighted by Crippen LogP contribution is 2.22. The van der Waals surface area contributed by atoms with E-state index in [1.54, 1.807) is 12.1 Å². The molecule has 104 valence electrons. The third kappa shape index (κ3) is 3.17. The van der Waals surface area contributed by atoms with Crippen molar-refractivity contribution in [1.29, 1.82) is 0 Å². The minimum atomic E-state index is -3.00. The number of nitrogens with one attached hydrogen (secondary N) is 1. The molecule has 1 amide bonds. The predicted octanol–water partition coefficient (Wildman–Crippen LogP) is 0.194. The topological polar surface area (TPSA) is 98.5 Å². The van der Waals surface area contributed by atoms with Gasteiger partial charge >= 0.3 is 0 Å². The summed E-state index contributed by atoms with van der Waals surface area (Å²) >= 11 is 0. The molecule has 1 aromatic rings. The van der Waals surface area contributed by atoms with Crippen molar-refractivity contribution in [2.24, 2.45) is 0 Å². The van der Waals surface area contributed by atoms with Crippen molar-refractivity contribution in [2.75, 3.05) is 24.3 Å². The number of hydrogen-bond donors (Lipinski definition) is 2. The molecule has 1 saturated heterocycles. The van der Waals surface area contributed by atoms with Crippen LogP contribution < -0.4 is 15.8 Å². The number of hydrogen-bond acceptors (Lipinski definition) is 5. The Bertz CT molecular complexity index is 598. The minimum absolute atomic E-state index is 0.00434. The van der Waals surface area contributed by atoms with Crippen molar-refractivity contribution in [2.45, 2.75) is 12.5 Å². The summed E-state index contributed by atoms with van der Waals surface area (Å²) in [6.45, 7) is 0. The van der Waals surface area contributed by atoms with Gasteiger partial charge < -0.3 is 15.8 Å². The maximum atomic E-state index is 12.0. The molecule has 0 spiro atoms. The molecular formula is C12H16N2O4S. The van der Waals surface area contributed by atoms with Gasteiger partial charge in [-0.05, 0) is 24.6 Å². The van der Waals surface area contributed by atoms with Gasteiger partial charge in [0.1, 0.15) is 5.75 Å². The van der Waals surface area contributed by atoms with Gasteiger partial charge in [0, 0.05) is 11.6 Å². The van der Waals surface area contributed by atoms with Crippen molar-refractivity contribution >= 4 is 21.4 Å². The van der Waals surface area contributed by atoms with Gasteiger partial charge in [-0.2, -0.15) is 0 Å². The first-order valence-corrected chi connectivity index (χ1v) is 7.68. The predicted molar refractivity (Wildman–Crippen MR) is 71.9 cm³/mol. The number of amides is 1. The summed E-state index contributed by atoms with van der Waals surface area (Å²) in [6.07, 6.45) is 0.458. The Kier molecular flexibility index (Phi) is 3.66. The molecule has 2 rings (SSSR count). The summed E-state index contributed by atoms with van der Waals surface area (Å²) in [5.74, 6) is 0.309. The van der Waals surface area contributed by atoms with Gasteiger partial charge in [-0.1, -0.05) is 0 Å². The fraction of sp³-hybridized carbons (Fsp3) is 0.417. The summed E-state index contributed by atoms with van der Waals surface area (Å²) in [6, 6.07) is 4.39. The van der Waals surface area contributed by atoms with Crippen molar-refractivity contribution in [3.8, 4) is 5.75 Å². The molecule has 1 atom stereocenters. The Morgan fingerprint density at radius 1 is 1.47 bits per heavy atom. The number of anilines is 1. The van der Waals surface area contributed by atoms with E-state index in [2.05, 4.69) is 5.32 Å². The van der Waals surface area contributed by atoms with Crippen LogP contribution in [0, 0.1) is 0 Å². The second-order valence-corrected chi connectivity index (χ2v) is 6.76. The molecule has 1 fully saturated rings. The molecule has 7 heteroatoms. The second-order valence-electron chi connectivity index (χ2n) is 4.53. The number of carbonyl (C=O) groups is 1. The van der Waals surface area contributed by atoms with E-state index >= 15 is 0 Å². The molecule has 0 unspecified atom stereocenters. The summed E-state index contributed by atoms with van der Waals surface area (Å²) in [5.41, 5.74) is 6.48. The lowest BCUT2D eigenvalue weighted by Gasteiger charge is -2.12. The van der Waals surface area contributed by atoms with Crippen LogP contribution in [0.3, 0.4) is 0 Å². The Hall–Kier alpha value is -1.76. The van der Waals surface area contributed by atoms with Crippen LogP contribution in [0.4, 0.5) is 5.69 Å². The highest BCUT2D eigenvalue weighted by molar-refractivity contribution is 7.91. The molecule has 0 aliphatic carbocycles. The second kappa shape index (κ2) is 5.08. The van der Waals surface area contributed by atoms with Gasteiger partial charge in [0.25, 0.3) is 5.91 Å². The Balaban J connectivity index is 2.06. The molecule has 1 heterocycles. The quantitative estimate of drug-likeness (QED) is 0.772. The smallest absolute Gasteiger partial charge is 0.251 e. The van der Waals surface area contributed by atoms with Crippen molar-refractivity contribution < 1.29 is 17.9 Å². The molecule has 6 nitrogen and oxygen atoms in total. The summed E-state index contributed by atoms with van der Waals surface area (Å²) in [4.78, 5) is 12.0. The van der Waals surface area contributed by atoms with E-state index in [-0.39, 0.29) is 23.5 Å². The number of methoxy groups -OCH3 is 1. The highest BCUT2D eigenvalue weighted by Gasteiger charge is 2.29. The van der Waals surface area contributed by atoms with E-state index < -0.39 is 9.84 Å². The Morgan fingerprint density at radius 2 is 2.21 bits per heavy atom. The van der Waals surface area contributed by atoms with Crippen molar-refractivity contribution in [3.63, 3.8) is 0 Å². The molecule has 1 aromatic carbocycles. The zero-order valence-electron chi connectivity index (χ0n) is 10.5. The van der Waals surface area contributed by atoms with Gasteiger partial charge in [-0.3, -0.25) is 4.79 Å². The average molecular weight is 284 g/mol. The number of ether oxygens (including phenoxy) is 1. The van der Waals surface area contributed by atoms with Crippen LogP contribution in [0.2, 0.25) is 0 Å². The molecular weight excluding hydrogens is 268 g/mol. The fourth-order valence-corrected chi connectivity index (χ4v) is 3.73. The molecule has 19 heavy (non-hydrogen) atoms. The van der Waals surface area contributed by atoms with Crippen LogP contribution in [0.1, 0.15) is 16.8 Å². The number of carbonyl (C=O) groups excluding carboxylic acids is 1. The third-order valence-corrected chi connectivity index (χ3v) is 4.83. The molecule has 3 N–H and O–H groups in total. The lowest BCUT2D eigenvalue weighted by molar-refractivity contribution is 0.0941. The van der Waals surface area contributed by atoms with E-state index in [1.807, 2.05) is 0 Å². The molecule has 1 aliphatic heterocycles. The number of sulfone groups is 1. The number of nitrogens with two attached hydrogens (primary N) is 1. The number of rotatable bonds is 3. The van der Waals surface area contributed by atoms with Gasteiger partial charge in [0.15, 0.2) is 9.84 Å². The van der Waals surface area contributed by atoms with Gasteiger partial charge in [0.2, 0.25) is 0 Å². The van der Waals surface area contributed by atoms with Gasteiger partial charge in [0.05, 0.1) is 24.3 Å². The summed E-state index contributed by atoms with van der Waals surface area (Å²) in [5, 5.41) is 2.70. The fourth-order valence-electron chi connectivity index (χ4n) is 2.05. The van der Waals surface area contributed by atoms with Crippen LogP contribution >= 0.6 is 0 Å². The third-order valence-electron chi connectivity index (χ3n) is 3.06. The van der Waals surface area contributed by atoms with E-state index in [1.165, 1.54) is 13.2 Å². The highest BCUT2D eigenvalue weighted by atomic mass is 32.2. The Morgan fingerprint density at radius 3 is 2.74 bits per heavy atom. The van der Waals surface area contributed by atoms with Crippen LogP contribution in [0.15, 0.2) is 18.2 Å². The number of benzene rings is 1.